The number of ether oxygens (including phenoxy) is 2. The number of hydrogen-bond donors (Lipinski definition) is 1. The first kappa shape index (κ1) is 13.0. The monoisotopic (exact) mass is 257 g/mol. The highest BCUT2D eigenvalue weighted by molar-refractivity contribution is 6.14. The van der Waals surface area contributed by atoms with Crippen molar-refractivity contribution in [3.05, 3.63) is 53.6 Å². The second kappa shape index (κ2) is 5.44. The molecule has 0 spiro atoms. The summed E-state index contributed by atoms with van der Waals surface area (Å²) in [5, 5.41) is 0. The van der Waals surface area contributed by atoms with Crippen molar-refractivity contribution in [1.82, 2.24) is 0 Å². The standard InChI is InChI=1S/C15H15NO3/c1-18-12-8-4-3-6-10(12)15(17)11-7-5-9-13(19-2)14(11)16/h3-9H,16H2,1-2H3. The van der Waals surface area contributed by atoms with E-state index in [0.29, 0.717) is 28.3 Å². The van der Waals surface area contributed by atoms with E-state index < -0.39 is 0 Å². The topological polar surface area (TPSA) is 61.5 Å². The predicted molar refractivity (Wildman–Crippen MR) is 73.8 cm³/mol. The van der Waals surface area contributed by atoms with Gasteiger partial charge in [0.25, 0.3) is 0 Å². The van der Waals surface area contributed by atoms with Gasteiger partial charge in [0.2, 0.25) is 0 Å². The van der Waals surface area contributed by atoms with Crippen LogP contribution >= 0.6 is 0 Å². The number of anilines is 1. The highest BCUT2D eigenvalue weighted by Crippen LogP contribution is 2.29. The number of methoxy groups -OCH3 is 2. The fraction of sp³-hybridized carbons (Fsp3) is 0.133. The van der Waals surface area contributed by atoms with Crippen LogP contribution in [0.15, 0.2) is 42.5 Å². The third kappa shape index (κ3) is 2.38. The van der Waals surface area contributed by atoms with Gasteiger partial charge in [-0.25, -0.2) is 0 Å². The Balaban J connectivity index is 2.50. The average molecular weight is 257 g/mol. The minimum Gasteiger partial charge on any atom is -0.496 e. The van der Waals surface area contributed by atoms with E-state index >= 15 is 0 Å². The first-order chi connectivity index (χ1) is 9.19. The van der Waals surface area contributed by atoms with Gasteiger partial charge in [-0.15, -0.1) is 0 Å². The lowest BCUT2D eigenvalue weighted by atomic mass is 10.0. The highest BCUT2D eigenvalue weighted by atomic mass is 16.5. The van der Waals surface area contributed by atoms with E-state index in [1.54, 1.807) is 36.4 Å². The van der Waals surface area contributed by atoms with E-state index in [1.807, 2.05) is 6.07 Å². The molecule has 98 valence electrons. The van der Waals surface area contributed by atoms with Gasteiger partial charge < -0.3 is 15.2 Å². The Hall–Kier alpha value is -2.49. The Morgan fingerprint density at radius 1 is 0.895 bits per heavy atom. The SMILES string of the molecule is COc1ccccc1C(=O)c1cccc(OC)c1N. The molecule has 0 amide bonds. The molecular weight excluding hydrogens is 242 g/mol. The summed E-state index contributed by atoms with van der Waals surface area (Å²) in [5.41, 5.74) is 7.15. The third-order valence-corrected chi connectivity index (χ3v) is 2.88. The molecule has 0 aliphatic rings. The summed E-state index contributed by atoms with van der Waals surface area (Å²) in [5.74, 6) is 0.823. The molecule has 0 aliphatic carbocycles. The van der Waals surface area contributed by atoms with Crippen LogP contribution < -0.4 is 15.2 Å². The van der Waals surface area contributed by atoms with Gasteiger partial charge in [-0.3, -0.25) is 4.79 Å². The Morgan fingerprint density at radius 2 is 1.47 bits per heavy atom. The molecule has 0 aliphatic heterocycles. The second-order valence-corrected chi connectivity index (χ2v) is 3.95. The Labute approximate surface area is 111 Å². The molecule has 0 saturated carbocycles. The predicted octanol–water partition coefficient (Wildman–Crippen LogP) is 2.52. The minimum atomic E-state index is -0.186. The summed E-state index contributed by atoms with van der Waals surface area (Å²) in [7, 11) is 3.05. The van der Waals surface area contributed by atoms with Crippen LogP contribution in [0.3, 0.4) is 0 Å². The molecule has 2 aromatic carbocycles. The number of hydrogen-bond acceptors (Lipinski definition) is 4. The highest BCUT2D eigenvalue weighted by Gasteiger charge is 2.18. The number of carbonyl (C=O) groups excluding carboxylic acids is 1. The van der Waals surface area contributed by atoms with Gasteiger partial charge in [0.05, 0.1) is 25.5 Å². The molecule has 19 heavy (non-hydrogen) atoms. The fourth-order valence-electron chi connectivity index (χ4n) is 1.90. The lowest BCUT2D eigenvalue weighted by Crippen LogP contribution is -2.08. The zero-order chi connectivity index (χ0) is 13.8. The molecule has 0 fully saturated rings. The van der Waals surface area contributed by atoms with E-state index in [4.69, 9.17) is 15.2 Å². The first-order valence-electron chi connectivity index (χ1n) is 5.79. The van der Waals surface area contributed by atoms with Gasteiger partial charge in [0, 0.05) is 5.56 Å². The molecule has 0 saturated heterocycles. The summed E-state index contributed by atoms with van der Waals surface area (Å²) in [6.07, 6.45) is 0. The number of rotatable bonds is 4. The smallest absolute Gasteiger partial charge is 0.198 e. The molecule has 0 heterocycles. The Bertz CT molecular complexity index is 608. The van der Waals surface area contributed by atoms with Gasteiger partial charge in [0.15, 0.2) is 5.78 Å². The quantitative estimate of drug-likeness (QED) is 0.675. The van der Waals surface area contributed by atoms with Crippen molar-refractivity contribution in [2.45, 2.75) is 0 Å². The molecule has 2 rings (SSSR count). The molecule has 0 radical (unpaired) electrons. The Kier molecular flexibility index (Phi) is 3.71. The number of ketones is 1. The maximum absolute atomic E-state index is 12.5. The van der Waals surface area contributed by atoms with Crippen molar-refractivity contribution in [3.63, 3.8) is 0 Å². The summed E-state index contributed by atoms with van der Waals surface area (Å²) < 4.78 is 10.3. The van der Waals surface area contributed by atoms with E-state index in [1.165, 1.54) is 14.2 Å². The van der Waals surface area contributed by atoms with Crippen LogP contribution in [0, 0.1) is 0 Å². The van der Waals surface area contributed by atoms with Crippen molar-refractivity contribution in [2.75, 3.05) is 20.0 Å². The minimum absolute atomic E-state index is 0.186. The summed E-state index contributed by atoms with van der Waals surface area (Å²) >= 11 is 0. The van der Waals surface area contributed by atoms with Crippen LogP contribution in [-0.4, -0.2) is 20.0 Å². The van der Waals surface area contributed by atoms with Gasteiger partial charge in [-0.2, -0.15) is 0 Å². The van der Waals surface area contributed by atoms with Crippen LogP contribution in [0.5, 0.6) is 11.5 Å². The van der Waals surface area contributed by atoms with Crippen LogP contribution in [0.4, 0.5) is 5.69 Å². The van der Waals surface area contributed by atoms with Crippen LogP contribution in [0.1, 0.15) is 15.9 Å². The van der Waals surface area contributed by atoms with E-state index in [2.05, 4.69) is 0 Å². The molecular formula is C15H15NO3. The number of nitrogens with two attached hydrogens (primary N) is 1. The number of nitrogen functional groups attached to an aromatic ring is 1. The largest absolute Gasteiger partial charge is 0.496 e. The summed E-state index contributed by atoms with van der Waals surface area (Å²) in [4.78, 5) is 12.5. The molecule has 0 aromatic heterocycles. The molecule has 0 atom stereocenters. The fourth-order valence-corrected chi connectivity index (χ4v) is 1.90. The number of benzene rings is 2. The van der Waals surface area contributed by atoms with Crippen molar-refractivity contribution in [3.8, 4) is 11.5 Å². The number of para-hydroxylation sites is 2. The van der Waals surface area contributed by atoms with Crippen molar-refractivity contribution < 1.29 is 14.3 Å². The van der Waals surface area contributed by atoms with Crippen LogP contribution in [0.25, 0.3) is 0 Å². The third-order valence-electron chi connectivity index (χ3n) is 2.88. The first-order valence-corrected chi connectivity index (χ1v) is 5.79. The molecule has 0 bridgehead atoms. The molecule has 2 N–H and O–H groups in total. The zero-order valence-electron chi connectivity index (χ0n) is 10.8. The maximum atomic E-state index is 12.5. The van der Waals surface area contributed by atoms with Crippen molar-refractivity contribution in [2.24, 2.45) is 0 Å². The normalized spacial score (nSPS) is 10.0. The molecule has 2 aromatic rings. The molecule has 0 unspecified atom stereocenters. The van der Waals surface area contributed by atoms with Crippen LogP contribution in [-0.2, 0) is 0 Å². The lowest BCUT2D eigenvalue weighted by Gasteiger charge is -2.11. The van der Waals surface area contributed by atoms with Gasteiger partial charge in [-0.1, -0.05) is 18.2 Å². The van der Waals surface area contributed by atoms with Crippen molar-refractivity contribution in [1.29, 1.82) is 0 Å². The van der Waals surface area contributed by atoms with Gasteiger partial charge in [0.1, 0.15) is 11.5 Å². The van der Waals surface area contributed by atoms with E-state index in [-0.39, 0.29) is 5.78 Å². The van der Waals surface area contributed by atoms with Gasteiger partial charge in [-0.05, 0) is 24.3 Å². The zero-order valence-corrected chi connectivity index (χ0v) is 10.8. The van der Waals surface area contributed by atoms with Crippen molar-refractivity contribution >= 4 is 11.5 Å². The maximum Gasteiger partial charge on any atom is 0.198 e. The Morgan fingerprint density at radius 3 is 2.16 bits per heavy atom. The van der Waals surface area contributed by atoms with Crippen LogP contribution in [0.2, 0.25) is 0 Å². The summed E-state index contributed by atoms with van der Waals surface area (Å²) in [6.45, 7) is 0. The van der Waals surface area contributed by atoms with Gasteiger partial charge >= 0.3 is 0 Å². The number of carbonyl (C=O) groups is 1. The molecule has 4 heteroatoms. The molecule has 4 nitrogen and oxygen atoms in total. The lowest BCUT2D eigenvalue weighted by molar-refractivity contribution is 0.103. The average Bonchev–Trinajstić information content (AvgIpc) is 2.46. The second-order valence-electron chi connectivity index (χ2n) is 3.95. The summed E-state index contributed by atoms with van der Waals surface area (Å²) in [6, 6.07) is 12.2. The van der Waals surface area contributed by atoms with E-state index in [0.717, 1.165) is 0 Å². The van der Waals surface area contributed by atoms with E-state index in [9.17, 15) is 4.79 Å².